The van der Waals surface area contributed by atoms with Gasteiger partial charge in [0.25, 0.3) is 0 Å². The van der Waals surface area contributed by atoms with Gasteiger partial charge in [0.05, 0.1) is 11.3 Å². The molecule has 0 saturated heterocycles. The van der Waals surface area contributed by atoms with Gasteiger partial charge in [0.1, 0.15) is 17.7 Å². The van der Waals surface area contributed by atoms with Crippen molar-refractivity contribution in [3.8, 4) is 6.07 Å². The smallest absolute Gasteiger partial charge is 0.136 e. The molecule has 0 atom stereocenters. The number of aryl methyl sites for hydroxylation is 2. The van der Waals surface area contributed by atoms with Crippen molar-refractivity contribution < 1.29 is 0 Å². The molecule has 0 radical (unpaired) electrons. The van der Waals surface area contributed by atoms with E-state index >= 15 is 0 Å². The lowest BCUT2D eigenvalue weighted by Gasteiger charge is -2.20. The van der Waals surface area contributed by atoms with Crippen LogP contribution in [0.2, 0.25) is 0 Å². The Bertz CT molecular complexity index is 593. The molecule has 90 valence electrons. The molecule has 0 spiro atoms. The Morgan fingerprint density at radius 2 is 1.89 bits per heavy atom. The number of anilines is 2. The summed E-state index contributed by atoms with van der Waals surface area (Å²) >= 11 is 0. The minimum Gasteiger partial charge on any atom is -0.328 e. The van der Waals surface area contributed by atoms with Crippen LogP contribution < -0.4 is 4.90 Å². The summed E-state index contributed by atoms with van der Waals surface area (Å²) < 4.78 is 0. The first kappa shape index (κ1) is 12.1. The number of aromatic nitrogens is 2. The second-order valence-corrected chi connectivity index (χ2v) is 4.10. The fourth-order valence-corrected chi connectivity index (χ4v) is 1.85. The van der Waals surface area contributed by atoms with Crippen molar-refractivity contribution in [1.82, 2.24) is 9.97 Å². The summed E-state index contributed by atoms with van der Waals surface area (Å²) in [6.45, 7) is 3.79. The van der Waals surface area contributed by atoms with Gasteiger partial charge in [-0.2, -0.15) is 5.26 Å². The Hall–Kier alpha value is -2.41. The summed E-state index contributed by atoms with van der Waals surface area (Å²) in [5.41, 5.74) is 2.39. The Labute approximate surface area is 107 Å². The highest BCUT2D eigenvalue weighted by Crippen LogP contribution is 2.25. The van der Waals surface area contributed by atoms with Gasteiger partial charge in [-0.05, 0) is 26.0 Å². The zero-order valence-corrected chi connectivity index (χ0v) is 10.7. The Morgan fingerprint density at radius 1 is 1.17 bits per heavy atom. The van der Waals surface area contributed by atoms with E-state index < -0.39 is 0 Å². The van der Waals surface area contributed by atoms with Crippen LogP contribution in [0.25, 0.3) is 0 Å². The highest BCUT2D eigenvalue weighted by atomic mass is 15.2. The maximum atomic E-state index is 9.11. The van der Waals surface area contributed by atoms with Gasteiger partial charge in [0.2, 0.25) is 0 Å². The molecule has 18 heavy (non-hydrogen) atoms. The minimum absolute atomic E-state index is 0.633. The highest BCUT2D eigenvalue weighted by molar-refractivity contribution is 5.66. The summed E-state index contributed by atoms with van der Waals surface area (Å²) in [7, 11) is 1.90. The first-order valence-corrected chi connectivity index (χ1v) is 5.67. The average molecular weight is 238 g/mol. The van der Waals surface area contributed by atoms with Crippen LogP contribution in [0.4, 0.5) is 11.5 Å². The largest absolute Gasteiger partial charge is 0.328 e. The predicted molar refractivity (Wildman–Crippen MR) is 70.7 cm³/mol. The third-order valence-electron chi connectivity index (χ3n) is 2.68. The van der Waals surface area contributed by atoms with E-state index in [2.05, 4.69) is 16.0 Å². The number of nitrogens with zero attached hydrogens (tertiary/aromatic N) is 4. The van der Waals surface area contributed by atoms with Crippen LogP contribution in [-0.4, -0.2) is 17.0 Å². The Balaban J connectivity index is 2.48. The second-order valence-electron chi connectivity index (χ2n) is 4.10. The van der Waals surface area contributed by atoms with Crippen molar-refractivity contribution in [3.05, 3.63) is 47.4 Å². The summed E-state index contributed by atoms with van der Waals surface area (Å²) in [5, 5.41) is 9.11. The van der Waals surface area contributed by atoms with E-state index in [0.717, 1.165) is 23.0 Å². The predicted octanol–water partition coefficient (Wildman–Crippen LogP) is 2.73. The van der Waals surface area contributed by atoms with E-state index in [4.69, 9.17) is 5.26 Å². The van der Waals surface area contributed by atoms with E-state index in [0.29, 0.717) is 5.56 Å². The molecule has 0 N–H and O–H groups in total. The van der Waals surface area contributed by atoms with Crippen LogP contribution in [0.3, 0.4) is 0 Å². The normalized spacial score (nSPS) is 9.89. The van der Waals surface area contributed by atoms with Gasteiger partial charge in [-0.25, -0.2) is 9.97 Å². The molecule has 1 aromatic heterocycles. The van der Waals surface area contributed by atoms with Crippen molar-refractivity contribution in [3.63, 3.8) is 0 Å². The fraction of sp³-hybridized carbons (Fsp3) is 0.214. The van der Waals surface area contributed by atoms with Crippen molar-refractivity contribution in [1.29, 1.82) is 5.26 Å². The van der Waals surface area contributed by atoms with E-state index in [-0.39, 0.29) is 0 Å². The molecule has 0 fully saturated rings. The monoisotopic (exact) mass is 238 g/mol. The van der Waals surface area contributed by atoms with Gasteiger partial charge in [0, 0.05) is 18.8 Å². The van der Waals surface area contributed by atoms with Crippen LogP contribution in [0.15, 0.2) is 30.3 Å². The topological polar surface area (TPSA) is 52.8 Å². The summed E-state index contributed by atoms with van der Waals surface area (Å²) in [6, 6.07) is 11.6. The quantitative estimate of drug-likeness (QED) is 0.807. The lowest BCUT2D eigenvalue weighted by Crippen LogP contribution is -2.13. The van der Waals surface area contributed by atoms with Crippen LogP contribution in [-0.2, 0) is 0 Å². The van der Waals surface area contributed by atoms with Crippen molar-refractivity contribution >= 4 is 11.5 Å². The van der Waals surface area contributed by atoms with Crippen LogP contribution >= 0.6 is 0 Å². The van der Waals surface area contributed by atoms with Crippen LogP contribution in [0.1, 0.15) is 17.1 Å². The molecule has 2 aromatic rings. The van der Waals surface area contributed by atoms with E-state index in [1.165, 1.54) is 0 Å². The average Bonchev–Trinajstić information content (AvgIpc) is 2.36. The molecule has 0 unspecified atom stereocenters. The maximum Gasteiger partial charge on any atom is 0.136 e. The third-order valence-corrected chi connectivity index (χ3v) is 2.68. The van der Waals surface area contributed by atoms with Crippen LogP contribution in [0, 0.1) is 25.2 Å². The molecule has 0 aliphatic heterocycles. The summed E-state index contributed by atoms with van der Waals surface area (Å²) in [6.07, 6.45) is 0. The van der Waals surface area contributed by atoms with Crippen molar-refractivity contribution in [2.45, 2.75) is 13.8 Å². The van der Waals surface area contributed by atoms with Crippen molar-refractivity contribution in [2.75, 3.05) is 11.9 Å². The van der Waals surface area contributed by atoms with Gasteiger partial charge in [-0.3, -0.25) is 0 Å². The molecule has 1 heterocycles. The van der Waals surface area contributed by atoms with Gasteiger partial charge in [-0.15, -0.1) is 0 Å². The number of benzene rings is 1. The molecule has 4 heteroatoms. The molecular weight excluding hydrogens is 224 g/mol. The summed E-state index contributed by atoms with van der Waals surface area (Å²) in [5.74, 6) is 1.52. The lowest BCUT2D eigenvalue weighted by atomic mass is 10.2. The molecule has 0 saturated carbocycles. The first-order valence-electron chi connectivity index (χ1n) is 5.67. The number of rotatable bonds is 2. The second kappa shape index (κ2) is 4.84. The zero-order valence-electron chi connectivity index (χ0n) is 10.7. The van der Waals surface area contributed by atoms with E-state index in [9.17, 15) is 0 Å². The molecule has 0 aliphatic rings. The molecular formula is C14H14N4. The fourth-order valence-electron chi connectivity index (χ4n) is 1.85. The third kappa shape index (κ3) is 2.30. The Morgan fingerprint density at radius 3 is 2.56 bits per heavy atom. The molecule has 1 aromatic carbocycles. The molecule has 4 nitrogen and oxygen atoms in total. The zero-order chi connectivity index (χ0) is 13.1. The first-order chi connectivity index (χ1) is 8.61. The standard InChI is InChI=1S/C14H14N4/c1-10-8-14(17-11(2)16-10)18(3)13-7-5-4-6-12(13)9-15/h4-8H,1-3H3. The SMILES string of the molecule is Cc1cc(N(C)c2ccccc2C#N)nc(C)n1. The van der Waals surface area contributed by atoms with Crippen LogP contribution in [0.5, 0.6) is 0 Å². The number of hydrogen-bond donors (Lipinski definition) is 0. The minimum atomic E-state index is 0.633. The van der Waals surface area contributed by atoms with Gasteiger partial charge < -0.3 is 4.90 Å². The van der Waals surface area contributed by atoms with E-state index in [1.807, 2.05) is 50.1 Å². The highest BCUT2D eigenvalue weighted by Gasteiger charge is 2.10. The van der Waals surface area contributed by atoms with E-state index in [1.54, 1.807) is 6.07 Å². The summed E-state index contributed by atoms with van der Waals surface area (Å²) in [4.78, 5) is 10.5. The van der Waals surface area contributed by atoms with Gasteiger partial charge in [0.15, 0.2) is 0 Å². The lowest BCUT2D eigenvalue weighted by molar-refractivity contribution is 0.981. The number of para-hydroxylation sites is 1. The molecule has 0 aliphatic carbocycles. The number of hydrogen-bond acceptors (Lipinski definition) is 4. The van der Waals surface area contributed by atoms with Gasteiger partial charge >= 0.3 is 0 Å². The van der Waals surface area contributed by atoms with Crippen molar-refractivity contribution in [2.24, 2.45) is 0 Å². The molecule has 2 rings (SSSR count). The Kier molecular flexibility index (Phi) is 3.24. The molecule has 0 bridgehead atoms. The molecule has 0 amide bonds. The number of nitriles is 1. The maximum absolute atomic E-state index is 9.11. The van der Waals surface area contributed by atoms with Gasteiger partial charge in [-0.1, -0.05) is 12.1 Å².